The van der Waals surface area contributed by atoms with Gasteiger partial charge in [0, 0.05) is 35.4 Å². The van der Waals surface area contributed by atoms with Gasteiger partial charge in [0.25, 0.3) is 0 Å². The van der Waals surface area contributed by atoms with Crippen molar-refractivity contribution >= 4 is 29.4 Å². The summed E-state index contributed by atoms with van der Waals surface area (Å²) in [6.07, 6.45) is 4.00. The molecule has 2 rings (SSSR count). The van der Waals surface area contributed by atoms with Crippen LogP contribution in [0, 0.1) is 0 Å². The molecule has 0 saturated heterocycles. The highest BCUT2D eigenvalue weighted by molar-refractivity contribution is 6.36. The Balaban J connectivity index is 1.88. The molecule has 2 aromatic rings. The fourth-order valence-electron chi connectivity index (χ4n) is 1.59. The maximum Gasteiger partial charge on any atom is 0.143 e. The van der Waals surface area contributed by atoms with Gasteiger partial charge in [-0.05, 0) is 24.3 Å². The van der Waals surface area contributed by atoms with Gasteiger partial charge in [0.2, 0.25) is 0 Å². The maximum absolute atomic E-state index is 9.74. The van der Waals surface area contributed by atoms with Crippen molar-refractivity contribution in [3.05, 3.63) is 57.8 Å². The van der Waals surface area contributed by atoms with Crippen molar-refractivity contribution in [2.75, 3.05) is 6.54 Å². The molecule has 0 amide bonds. The van der Waals surface area contributed by atoms with Crippen LogP contribution in [0.4, 0.5) is 0 Å². The van der Waals surface area contributed by atoms with Crippen LogP contribution < -0.4 is 5.43 Å². The van der Waals surface area contributed by atoms with E-state index in [2.05, 4.69) is 15.5 Å². The molecule has 0 atom stereocenters. The zero-order valence-corrected chi connectivity index (χ0v) is 12.1. The molecule has 0 fully saturated rings. The van der Waals surface area contributed by atoms with Gasteiger partial charge in [0.1, 0.15) is 5.75 Å². The van der Waals surface area contributed by atoms with Gasteiger partial charge in [0.15, 0.2) is 0 Å². The Kier molecular flexibility index (Phi) is 5.21. The quantitative estimate of drug-likeness (QED) is 0.506. The first-order chi connectivity index (χ1) is 9.66. The number of halogens is 2. The molecule has 104 valence electrons. The zero-order valence-electron chi connectivity index (χ0n) is 10.6. The summed E-state index contributed by atoms with van der Waals surface area (Å²) in [4.78, 5) is 4.21. The first kappa shape index (κ1) is 14.6. The van der Waals surface area contributed by atoms with Crippen molar-refractivity contribution in [2.24, 2.45) is 5.10 Å². The lowest BCUT2D eigenvalue weighted by Crippen LogP contribution is -2.11. The van der Waals surface area contributed by atoms with Crippen LogP contribution >= 0.6 is 23.2 Å². The fourth-order valence-corrected chi connectivity index (χ4v) is 2.10. The van der Waals surface area contributed by atoms with Crippen LogP contribution in [0.15, 0.2) is 41.6 Å². The molecular formula is C14H13Cl2N3O. The monoisotopic (exact) mass is 309 g/mol. The Morgan fingerprint density at radius 2 is 2.15 bits per heavy atom. The van der Waals surface area contributed by atoms with Gasteiger partial charge in [-0.2, -0.15) is 5.10 Å². The van der Waals surface area contributed by atoms with E-state index in [1.807, 2.05) is 18.2 Å². The summed E-state index contributed by atoms with van der Waals surface area (Å²) in [5, 5.41) is 14.4. The van der Waals surface area contributed by atoms with Gasteiger partial charge in [-0.15, -0.1) is 0 Å². The van der Waals surface area contributed by atoms with E-state index in [4.69, 9.17) is 23.2 Å². The Bertz CT molecular complexity index is 603. The van der Waals surface area contributed by atoms with Crippen LogP contribution in [0.3, 0.4) is 0 Å². The number of hydrogen-bond acceptors (Lipinski definition) is 4. The number of benzene rings is 1. The molecule has 1 aromatic heterocycles. The normalized spacial score (nSPS) is 10.9. The third kappa shape index (κ3) is 4.11. The summed E-state index contributed by atoms with van der Waals surface area (Å²) in [5.74, 6) is -0.0358. The number of aromatic nitrogens is 1. The van der Waals surface area contributed by atoms with Crippen molar-refractivity contribution in [3.8, 4) is 5.75 Å². The second kappa shape index (κ2) is 7.12. The number of phenols is 1. The van der Waals surface area contributed by atoms with E-state index < -0.39 is 0 Å². The van der Waals surface area contributed by atoms with Crippen LogP contribution in [0.25, 0.3) is 0 Å². The Morgan fingerprint density at radius 1 is 1.30 bits per heavy atom. The molecule has 0 aliphatic rings. The third-order valence-corrected chi connectivity index (χ3v) is 3.08. The number of hydrogen-bond donors (Lipinski definition) is 2. The van der Waals surface area contributed by atoms with Crippen molar-refractivity contribution in [2.45, 2.75) is 6.42 Å². The molecule has 0 radical (unpaired) electrons. The lowest BCUT2D eigenvalue weighted by molar-refractivity contribution is 0.474. The largest absolute Gasteiger partial charge is 0.506 e. The van der Waals surface area contributed by atoms with Crippen LogP contribution in [-0.2, 0) is 6.42 Å². The first-order valence-corrected chi connectivity index (χ1v) is 6.76. The molecule has 0 aliphatic carbocycles. The predicted molar refractivity (Wildman–Crippen MR) is 81.7 cm³/mol. The number of nitrogens with one attached hydrogen (secondary N) is 1. The molecule has 4 nitrogen and oxygen atoms in total. The minimum absolute atomic E-state index is 0.0358. The zero-order chi connectivity index (χ0) is 14.4. The standard InChI is InChI=1S/C14H13Cl2N3O/c15-11-7-10(14(20)13(16)8-11)9-19-18-6-4-12-3-1-2-5-17-12/h1-3,5,7-9,18,20H,4,6H2/b19-9-. The summed E-state index contributed by atoms with van der Waals surface area (Å²) >= 11 is 11.7. The van der Waals surface area contributed by atoms with Crippen LogP contribution in [-0.4, -0.2) is 22.8 Å². The molecule has 0 saturated carbocycles. The van der Waals surface area contributed by atoms with Gasteiger partial charge < -0.3 is 10.5 Å². The summed E-state index contributed by atoms with van der Waals surface area (Å²) in [7, 11) is 0. The van der Waals surface area contributed by atoms with E-state index >= 15 is 0 Å². The highest BCUT2D eigenvalue weighted by atomic mass is 35.5. The molecule has 20 heavy (non-hydrogen) atoms. The highest BCUT2D eigenvalue weighted by Crippen LogP contribution is 2.29. The average Bonchev–Trinajstić information content (AvgIpc) is 2.44. The average molecular weight is 310 g/mol. The molecule has 6 heteroatoms. The van der Waals surface area contributed by atoms with Crippen LogP contribution in [0.5, 0.6) is 5.75 Å². The molecule has 1 aromatic carbocycles. The minimum atomic E-state index is -0.0358. The van der Waals surface area contributed by atoms with Crippen molar-refractivity contribution in [1.82, 2.24) is 10.4 Å². The second-order valence-corrected chi connectivity index (χ2v) is 4.91. The molecular weight excluding hydrogens is 297 g/mol. The van der Waals surface area contributed by atoms with E-state index in [0.717, 1.165) is 12.1 Å². The third-order valence-electron chi connectivity index (χ3n) is 2.57. The summed E-state index contributed by atoms with van der Waals surface area (Å²) in [6.45, 7) is 0.641. The molecule has 0 spiro atoms. The van der Waals surface area contributed by atoms with Gasteiger partial charge in [-0.3, -0.25) is 4.98 Å². The van der Waals surface area contributed by atoms with Crippen molar-refractivity contribution in [1.29, 1.82) is 0 Å². The highest BCUT2D eigenvalue weighted by Gasteiger charge is 2.05. The first-order valence-electron chi connectivity index (χ1n) is 6.00. The number of phenolic OH excluding ortho intramolecular Hbond substituents is 1. The van der Waals surface area contributed by atoms with Gasteiger partial charge in [0.05, 0.1) is 11.2 Å². The second-order valence-electron chi connectivity index (χ2n) is 4.06. The minimum Gasteiger partial charge on any atom is -0.506 e. The van der Waals surface area contributed by atoms with E-state index in [0.29, 0.717) is 17.1 Å². The van der Waals surface area contributed by atoms with E-state index in [9.17, 15) is 5.11 Å². The van der Waals surface area contributed by atoms with E-state index in [-0.39, 0.29) is 10.8 Å². The summed E-state index contributed by atoms with van der Waals surface area (Å²) in [6, 6.07) is 8.84. The topological polar surface area (TPSA) is 57.5 Å². The van der Waals surface area contributed by atoms with Crippen LogP contribution in [0.2, 0.25) is 10.0 Å². The molecule has 1 heterocycles. The predicted octanol–water partition coefficient (Wildman–Crippen LogP) is 3.26. The van der Waals surface area contributed by atoms with Gasteiger partial charge in [-0.1, -0.05) is 29.3 Å². The summed E-state index contributed by atoms with van der Waals surface area (Å²) in [5.41, 5.74) is 4.34. The van der Waals surface area contributed by atoms with E-state index in [1.54, 1.807) is 12.3 Å². The molecule has 2 N–H and O–H groups in total. The molecule has 0 bridgehead atoms. The number of hydrazone groups is 1. The fraction of sp³-hybridized carbons (Fsp3) is 0.143. The SMILES string of the molecule is Oc1c(Cl)cc(Cl)cc1/C=N\NCCc1ccccn1. The Hall–Kier alpha value is -1.78. The lowest BCUT2D eigenvalue weighted by atomic mass is 10.2. The van der Waals surface area contributed by atoms with Crippen molar-refractivity contribution in [3.63, 3.8) is 0 Å². The Labute approximate surface area is 127 Å². The van der Waals surface area contributed by atoms with Crippen molar-refractivity contribution < 1.29 is 5.11 Å². The van der Waals surface area contributed by atoms with Gasteiger partial charge in [-0.25, -0.2) is 0 Å². The Morgan fingerprint density at radius 3 is 2.90 bits per heavy atom. The lowest BCUT2D eigenvalue weighted by Gasteiger charge is -2.03. The van der Waals surface area contributed by atoms with Gasteiger partial charge >= 0.3 is 0 Å². The number of nitrogens with zero attached hydrogens (tertiary/aromatic N) is 2. The number of pyridine rings is 1. The van der Waals surface area contributed by atoms with E-state index in [1.165, 1.54) is 12.3 Å². The summed E-state index contributed by atoms with van der Waals surface area (Å²) < 4.78 is 0. The number of rotatable bonds is 5. The molecule has 0 unspecified atom stereocenters. The van der Waals surface area contributed by atoms with Crippen LogP contribution in [0.1, 0.15) is 11.3 Å². The number of aromatic hydroxyl groups is 1. The smallest absolute Gasteiger partial charge is 0.143 e. The molecule has 0 aliphatic heterocycles. The maximum atomic E-state index is 9.74.